The third kappa shape index (κ3) is 8.42. The van der Waals surface area contributed by atoms with Gasteiger partial charge in [-0.3, -0.25) is 4.99 Å². The van der Waals surface area contributed by atoms with Crippen LogP contribution in [0.4, 0.5) is 5.13 Å². The van der Waals surface area contributed by atoms with Crippen LogP contribution in [0.2, 0.25) is 0 Å². The van der Waals surface area contributed by atoms with E-state index >= 15 is 0 Å². The Morgan fingerprint density at radius 3 is 2.95 bits per heavy atom. The summed E-state index contributed by atoms with van der Waals surface area (Å²) < 4.78 is 0. The number of hydrogen-bond acceptors (Lipinski definition) is 5. The normalized spacial score (nSPS) is 13.2. The molecule has 1 heterocycles. The Labute approximate surface area is 137 Å². The maximum atomic E-state index is 9.66. The van der Waals surface area contributed by atoms with E-state index in [0.29, 0.717) is 12.6 Å². The van der Waals surface area contributed by atoms with E-state index < -0.39 is 0 Å². The summed E-state index contributed by atoms with van der Waals surface area (Å²) in [7, 11) is 0. The monoisotopic (exact) mass is 319 g/mol. The fraction of sp³-hybridized carbons (Fsp3) is 0.412. The highest BCUT2D eigenvalue weighted by Crippen LogP contribution is 2.14. The maximum absolute atomic E-state index is 9.66. The van der Waals surface area contributed by atoms with Crippen LogP contribution in [0.15, 0.2) is 46.5 Å². The fourth-order valence-electron chi connectivity index (χ4n) is 1.55. The molecule has 0 atom stereocenters. The van der Waals surface area contributed by atoms with Crippen molar-refractivity contribution in [2.75, 3.05) is 11.9 Å². The second-order valence-corrected chi connectivity index (χ2v) is 5.88. The van der Waals surface area contributed by atoms with Crippen LogP contribution in [-0.4, -0.2) is 28.9 Å². The van der Waals surface area contributed by atoms with Crippen LogP contribution < -0.4 is 5.32 Å². The zero-order valence-electron chi connectivity index (χ0n) is 13.5. The van der Waals surface area contributed by atoms with Gasteiger partial charge < -0.3 is 10.4 Å². The molecule has 0 radical (unpaired) electrons. The number of nitrogens with one attached hydrogen (secondary N) is 1. The quantitative estimate of drug-likeness (QED) is 0.299. The van der Waals surface area contributed by atoms with Crippen LogP contribution in [-0.2, 0) is 0 Å². The number of rotatable bonds is 9. The number of allylic oxidation sites excluding steroid dienone is 4. The lowest BCUT2D eigenvalue weighted by Crippen LogP contribution is -2.09. The van der Waals surface area contributed by atoms with Gasteiger partial charge in [0.2, 0.25) is 0 Å². The minimum Gasteiger partial charge on any atom is -0.508 e. The lowest BCUT2D eigenvalue weighted by molar-refractivity contribution is 0.430. The molecule has 0 bridgehead atoms. The molecule has 0 aliphatic rings. The molecule has 2 N–H and O–H groups in total. The van der Waals surface area contributed by atoms with Gasteiger partial charge in [0, 0.05) is 17.6 Å². The Morgan fingerprint density at radius 2 is 2.23 bits per heavy atom. The molecular weight excluding hydrogens is 294 g/mol. The zero-order chi connectivity index (χ0) is 16.2. The highest BCUT2D eigenvalue weighted by atomic mass is 32.1. The van der Waals surface area contributed by atoms with Gasteiger partial charge in [0.15, 0.2) is 5.13 Å². The van der Waals surface area contributed by atoms with E-state index in [-0.39, 0.29) is 5.76 Å². The van der Waals surface area contributed by atoms with Crippen molar-refractivity contribution in [3.05, 3.63) is 47.2 Å². The first kappa shape index (κ1) is 18.2. The Hall–Kier alpha value is -1.88. The van der Waals surface area contributed by atoms with E-state index in [1.165, 1.54) is 0 Å². The average molecular weight is 319 g/mol. The molecule has 0 amide bonds. The molecule has 0 fully saturated rings. The van der Waals surface area contributed by atoms with Gasteiger partial charge in [-0.25, -0.2) is 4.98 Å². The Kier molecular flexibility index (Phi) is 8.91. The Balaban J connectivity index is 2.36. The van der Waals surface area contributed by atoms with Crippen molar-refractivity contribution in [3.8, 4) is 0 Å². The van der Waals surface area contributed by atoms with Crippen LogP contribution in [0.25, 0.3) is 0 Å². The van der Waals surface area contributed by atoms with E-state index in [0.717, 1.165) is 23.7 Å². The molecule has 0 aliphatic heterocycles. The van der Waals surface area contributed by atoms with Crippen molar-refractivity contribution < 1.29 is 5.11 Å². The summed E-state index contributed by atoms with van der Waals surface area (Å²) >= 11 is 1.56. The molecule has 1 aromatic heterocycles. The van der Waals surface area contributed by atoms with Gasteiger partial charge in [-0.15, -0.1) is 11.3 Å². The molecular formula is C17H25N3OS. The van der Waals surface area contributed by atoms with Crippen molar-refractivity contribution in [2.45, 2.75) is 39.7 Å². The summed E-state index contributed by atoms with van der Waals surface area (Å²) in [6.07, 6.45) is 13.1. The van der Waals surface area contributed by atoms with Crippen LogP contribution in [0.5, 0.6) is 0 Å². The first-order valence-corrected chi connectivity index (χ1v) is 8.42. The highest BCUT2D eigenvalue weighted by molar-refractivity contribution is 7.13. The molecule has 1 aromatic rings. The second-order valence-electron chi connectivity index (χ2n) is 5.02. The average Bonchev–Trinajstić information content (AvgIpc) is 2.90. The molecule has 0 spiro atoms. The second kappa shape index (κ2) is 10.8. The minimum absolute atomic E-state index is 0.238. The lowest BCUT2D eigenvalue weighted by Gasteiger charge is -2.03. The van der Waals surface area contributed by atoms with Gasteiger partial charge in [-0.2, -0.15) is 0 Å². The smallest absolute Gasteiger partial charge is 0.183 e. The third-order valence-corrected chi connectivity index (χ3v) is 3.32. The van der Waals surface area contributed by atoms with Crippen LogP contribution in [0.3, 0.4) is 0 Å². The molecule has 22 heavy (non-hydrogen) atoms. The van der Waals surface area contributed by atoms with Crippen molar-refractivity contribution in [2.24, 2.45) is 4.99 Å². The van der Waals surface area contributed by atoms with E-state index in [4.69, 9.17) is 0 Å². The Bertz CT molecular complexity index is 542. The number of hydrogen-bond donors (Lipinski definition) is 2. The van der Waals surface area contributed by atoms with E-state index in [2.05, 4.69) is 48.2 Å². The molecule has 5 heteroatoms. The van der Waals surface area contributed by atoms with Gasteiger partial charge in [0.25, 0.3) is 0 Å². The summed E-state index contributed by atoms with van der Waals surface area (Å²) in [5.74, 6) is 0.238. The number of aliphatic hydroxyl groups excluding tert-OH is 1. The minimum atomic E-state index is 0.238. The number of aliphatic hydroxyl groups is 1. The molecule has 1 rings (SSSR count). The van der Waals surface area contributed by atoms with Gasteiger partial charge in [0.1, 0.15) is 5.76 Å². The van der Waals surface area contributed by atoms with Crippen LogP contribution in [0.1, 0.15) is 39.3 Å². The molecule has 0 unspecified atom stereocenters. The van der Waals surface area contributed by atoms with E-state index in [1.807, 2.05) is 11.5 Å². The van der Waals surface area contributed by atoms with Gasteiger partial charge >= 0.3 is 0 Å². The topological polar surface area (TPSA) is 57.5 Å². The summed E-state index contributed by atoms with van der Waals surface area (Å²) in [5.41, 5.74) is 0.835. The SMILES string of the molecule is CC/C=C\C/C=C\C(O)=C/CN=Cc1csc(NC(C)C)n1. The van der Waals surface area contributed by atoms with Gasteiger partial charge in [-0.1, -0.05) is 25.2 Å². The van der Waals surface area contributed by atoms with Crippen molar-refractivity contribution in [1.29, 1.82) is 0 Å². The number of thiazole rings is 1. The fourth-order valence-corrected chi connectivity index (χ4v) is 2.36. The summed E-state index contributed by atoms with van der Waals surface area (Å²) in [5, 5.41) is 15.8. The lowest BCUT2D eigenvalue weighted by atomic mass is 10.3. The van der Waals surface area contributed by atoms with Gasteiger partial charge in [-0.05, 0) is 38.8 Å². The van der Waals surface area contributed by atoms with Crippen LogP contribution >= 0.6 is 11.3 Å². The molecule has 0 aliphatic carbocycles. The standard InChI is InChI=1S/C17H25N3OS/c1-4-5-6-7-8-9-16(21)10-11-18-12-15-13-22-17(20-15)19-14(2)3/h5-6,8-10,12-14,21H,4,7,11H2,1-3H3,(H,19,20)/b6-5-,9-8-,16-10+,18-12?. The first-order chi connectivity index (χ1) is 10.6. The Morgan fingerprint density at radius 1 is 1.41 bits per heavy atom. The number of aliphatic imine (C=N–C) groups is 1. The van der Waals surface area contributed by atoms with Crippen molar-refractivity contribution in [3.63, 3.8) is 0 Å². The van der Waals surface area contributed by atoms with Crippen molar-refractivity contribution in [1.82, 2.24) is 4.98 Å². The molecule has 4 nitrogen and oxygen atoms in total. The van der Waals surface area contributed by atoms with E-state index in [9.17, 15) is 5.11 Å². The largest absolute Gasteiger partial charge is 0.508 e. The molecule has 0 aromatic carbocycles. The number of aromatic nitrogens is 1. The van der Waals surface area contributed by atoms with Crippen LogP contribution in [0, 0.1) is 0 Å². The predicted octanol–water partition coefficient (Wildman–Crippen LogP) is 4.74. The molecule has 0 saturated heterocycles. The molecule has 120 valence electrons. The van der Waals surface area contributed by atoms with Crippen molar-refractivity contribution >= 4 is 22.7 Å². The third-order valence-electron chi connectivity index (χ3n) is 2.53. The zero-order valence-corrected chi connectivity index (χ0v) is 14.3. The first-order valence-electron chi connectivity index (χ1n) is 7.54. The maximum Gasteiger partial charge on any atom is 0.183 e. The summed E-state index contributed by atoms with van der Waals surface area (Å²) in [6, 6.07) is 0.370. The van der Waals surface area contributed by atoms with Gasteiger partial charge in [0.05, 0.1) is 12.2 Å². The summed E-state index contributed by atoms with van der Waals surface area (Å²) in [4.78, 5) is 8.64. The number of nitrogens with zero attached hydrogens (tertiary/aromatic N) is 2. The summed E-state index contributed by atoms with van der Waals surface area (Å²) in [6.45, 7) is 6.69. The number of anilines is 1. The predicted molar refractivity (Wildman–Crippen MR) is 97.2 cm³/mol. The highest BCUT2D eigenvalue weighted by Gasteiger charge is 2.00. The van der Waals surface area contributed by atoms with E-state index in [1.54, 1.807) is 29.7 Å². The molecule has 0 saturated carbocycles.